The molecule has 0 atom stereocenters. The lowest BCUT2D eigenvalue weighted by Gasteiger charge is -2.05. The Bertz CT molecular complexity index is 506. The lowest BCUT2D eigenvalue weighted by Crippen LogP contribution is -2.12. The lowest BCUT2D eigenvalue weighted by molar-refractivity contribution is -0.139. The fourth-order valence-corrected chi connectivity index (χ4v) is 1.24. The summed E-state index contributed by atoms with van der Waals surface area (Å²) in [4.78, 5) is 14.6. The van der Waals surface area contributed by atoms with E-state index in [1.807, 2.05) is 0 Å². The van der Waals surface area contributed by atoms with Crippen molar-refractivity contribution < 1.29 is 14.6 Å². The van der Waals surface area contributed by atoms with Crippen LogP contribution < -0.4 is 4.74 Å². The monoisotopic (exact) mass is 207 g/mol. The molecule has 0 fully saturated rings. The Labute approximate surface area is 85.1 Å². The fourth-order valence-electron chi connectivity index (χ4n) is 1.24. The van der Waals surface area contributed by atoms with E-state index in [0.29, 0.717) is 11.5 Å². The zero-order chi connectivity index (χ0) is 10.8. The molecule has 1 N–H and O–H groups in total. The smallest absolute Gasteiger partial charge is 0.341 e. The van der Waals surface area contributed by atoms with Gasteiger partial charge in [0.25, 0.3) is 0 Å². The number of rotatable bonds is 3. The first-order valence-electron chi connectivity index (χ1n) is 4.33. The number of hydrogen-bond donors (Lipinski definition) is 1. The van der Waals surface area contributed by atoms with Gasteiger partial charge >= 0.3 is 5.97 Å². The van der Waals surface area contributed by atoms with Crippen LogP contribution in [0.15, 0.2) is 18.3 Å². The highest BCUT2D eigenvalue weighted by atomic mass is 16.5. The van der Waals surface area contributed by atoms with Gasteiger partial charge in [0.2, 0.25) is 5.88 Å². The van der Waals surface area contributed by atoms with E-state index in [2.05, 4.69) is 10.1 Å². The molecular formula is C9H9N3O3. The largest absolute Gasteiger partial charge is 0.479 e. The maximum absolute atomic E-state index is 10.4. The molecular weight excluding hydrogens is 198 g/mol. The number of hydrogen-bond acceptors (Lipinski definition) is 4. The molecule has 0 aliphatic rings. The third-order valence-electron chi connectivity index (χ3n) is 1.80. The standard InChI is InChI=1S/C9H9N3O3/c1-6-4-8(15-5-9(13)14)12-7(11-6)2-3-10-12/h2-4H,5H2,1H3,(H,13,14). The maximum atomic E-state index is 10.4. The van der Waals surface area contributed by atoms with Crippen LogP contribution in [0.4, 0.5) is 0 Å². The molecule has 0 radical (unpaired) electrons. The summed E-state index contributed by atoms with van der Waals surface area (Å²) in [5.74, 6) is -0.644. The number of ether oxygens (including phenoxy) is 1. The zero-order valence-electron chi connectivity index (χ0n) is 8.04. The van der Waals surface area contributed by atoms with Gasteiger partial charge in [0.05, 0.1) is 6.20 Å². The molecule has 2 aromatic rings. The minimum atomic E-state index is -1.02. The van der Waals surface area contributed by atoms with Crippen LogP contribution >= 0.6 is 0 Å². The molecule has 0 amide bonds. The van der Waals surface area contributed by atoms with Crippen LogP contribution in [0.2, 0.25) is 0 Å². The Balaban J connectivity index is 2.39. The van der Waals surface area contributed by atoms with Gasteiger partial charge in [-0.3, -0.25) is 0 Å². The molecule has 2 rings (SSSR count). The molecule has 0 saturated carbocycles. The number of aliphatic carboxylic acids is 1. The Hall–Kier alpha value is -2.11. The van der Waals surface area contributed by atoms with Crippen LogP contribution in [0.1, 0.15) is 5.69 Å². The van der Waals surface area contributed by atoms with Gasteiger partial charge in [0.1, 0.15) is 0 Å². The molecule has 0 spiro atoms. The van der Waals surface area contributed by atoms with Crippen molar-refractivity contribution in [1.82, 2.24) is 14.6 Å². The number of carbonyl (C=O) groups is 1. The van der Waals surface area contributed by atoms with Crippen molar-refractivity contribution in [3.63, 3.8) is 0 Å². The quantitative estimate of drug-likeness (QED) is 0.793. The number of carboxylic acid groups (broad SMARTS) is 1. The summed E-state index contributed by atoms with van der Waals surface area (Å²) in [5.41, 5.74) is 1.39. The molecule has 0 bridgehead atoms. The van der Waals surface area contributed by atoms with Gasteiger partial charge in [-0.2, -0.15) is 9.61 Å². The van der Waals surface area contributed by atoms with Crippen LogP contribution in [0, 0.1) is 6.92 Å². The van der Waals surface area contributed by atoms with E-state index < -0.39 is 12.6 Å². The van der Waals surface area contributed by atoms with Gasteiger partial charge in [-0.05, 0) is 6.92 Å². The minimum Gasteiger partial charge on any atom is -0.479 e. The summed E-state index contributed by atoms with van der Waals surface area (Å²) in [6, 6.07) is 3.36. The molecule has 0 aliphatic heterocycles. The Morgan fingerprint density at radius 1 is 1.67 bits per heavy atom. The van der Waals surface area contributed by atoms with Crippen molar-refractivity contribution in [2.45, 2.75) is 6.92 Å². The van der Waals surface area contributed by atoms with Gasteiger partial charge in [-0.1, -0.05) is 0 Å². The molecule has 6 nitrogen and oxygen atoms in total. The highest BCUT2D eigenvalue weighted by Gasteiger charge is 2.06. The van der Waals surface area contributed by atoms with E-state index in [1.54, 1.807) is 25.3 Å². The van der Waals surface area contributed by atoms with E-state index in [-0.39, 0.29) is 0 Å². The van der Waals surface area contributed by atoms with Crippen LogP contribution in [0.3, 0.4) is 0 Å². The van der Waals surface area contributed by atoms with E-state index >= 15 is 0 Å². The van der Waals surface area contributed by atoms with Gasteiger partial charge < -0.3 is 9.84 Å². The minimum absolute atomic E-state index is 0.380. The topological polar surface area (TPSA) is 76.7 Å². The maximum Gasteiger partial charge on any atom is 0.341 e. The summed E-state index contributed by atoms with van der Waals surface area (Å²) < 4.78 is 6.54. The summed E-state index contributed by atoms with van der Waals surface area (Å²) in [5, 5.41) is 12.5. The number of aryl methyl sites for hydroxylation is 1. The highest BCUT2D eigenvalue weighted by Crippen LogP contribution is 2.13. The van der Waals surface area contributed by atoms with Crippen molar-refractivity contribution >= 4 is 11.6 Å². The van der Waals surface area contributed by atoms with E-state index in [0.717, 1.165) is 5.69 Å². The third-order valence-corrected chi connectivity index (χ3v) is 1.80. The number of fused-ring (bicyclic) bond motifs is 1. The van der Waals surface area contributed by atoms with Gasteiger partial charge in [0, 0.05) is 17.8 Å². The van der Waals surface area contributed by atoms with Crippen LogP contribution in [0.25, 0.3) is 5.65 Å². The normalized spacial score (nSPS) is 10.5. The average Bonchev–Trinajstić information content (AvgIpc) is 2.61. The predicted octanol–water partition coefficient (Wildman–Crippen LogP) is 0.501. The van der Waals surface area contributed by atoms with Crippen molar-refractivity contribution in [2.24, 2.45) is 0 Å². The molecule has 2 aromatic heterocycles. The van der Waals surface area contributed by atoms with E-state index in [1.165, 1.54) is 4.52 Å². The first-order chi connectivity index (χ1) is 7.16. The first-order valence-corrected chi connectivity index (χ1v) is 4.33. The van der Waals surface area contributed by atoms with Crippen LogP contribution in [-0.4, -0.2) is 32.3 Å². The number of nitrogens with zero attached hydrogens (tertiary/aromatic N) is 3. The summed E-state index contributed by atoms with van der Waals surface area (Å²) in [6.45, 7) is 1.42. The average molecular weight is 207 g/mol. The number of carboxylic acids is 1. The SMILES string of the molecule is Cc1cc(OCC(=O)O)n2nccc2n1. The molecule has 15 heavy (non-hydrogen) atoms. The van der Waals surface area contributed by atoms with Crippen molar-refractivity contribution in [2.75, 3.05) is 6.61 Å². The third kappa shape index (κ3) is 1.88. The molecule has 0 aromatic carbocycles. The van der Waals surface area contributed by atoms with Gasteiger partial charge in [-0.25, -0.2) is 9.78 Å². The molecule has 78 valence electrons. The summed E-state index contributed by atoms with van der Waals surface area (Å²) >= 11 is 0. The molecule has 0 saturated heterocycles. The van der Waals surface area contributed by atoms with Crippen LogP contribution in [-0.2, 0) is 4.79 Å². The second-order valence-corrected chi connectivity index (χ2v) is 3.02. The van der Waals surface area contributed by atoms with Crippen molar-refractivity contribution in [3.8, 4) is 5.88 Å². The molecule has 0 aliphatic carbocycles. The van der Waals surface area contributed by atoms with Gasteiger partial charge in [0.15, 0.2) is 12.3 Å². The van der Waals surface area contributed by atoms with Crippen molar-refractivity contribution in [1.29, 1.82) is 0 Å². The molecule has 2 heterocycles. The highest BCUT2D eigenvalue weighted by molar-refractivity contribution is 5.68. The Kier molecular flexibility index (Phi) is 2.24. The second kappa shape index (κ2) is 3.56. The fraction of sp³-hybridized carbons (Fsp3) is 0.222. The first kappa shape index (κ1) is 9.45. The van der Waals surface area contributed by atoms with Crippen LogP contribution in [0.5, 0.6) is 5.88 Å². The van der Waals surface area contributed by atoms with E-state index in [9.17, 15) is 4.79 Å². The lowest BCUT2D eigenvalue weighted by atomic mass is 10.4. The number of aromatic nitrogens is 3. The summed E-state index contributed by atoms with van der Waals surface area (Å²) in [7, 11) is 0. The summed E-state index contributed by atoms with van der Waals surface area (Å²) in [6.07, 6.45) is 1.58. The molecule has 6 heteroatoms. The predicted molar refractivity (Wildman–Crippen MR) is 50.9 cm³/mol. The second-order valence-electron chi connectivity index (χ2n) is 3.02. The Morgan fingerprint density at radius 2 is 2.47 bits per heavy atom. The van der Waals surface area contributed by atoms with Crippen molar-refractivity contribution in [3.05, 3.63) is 24.0 Å². The molecule has 0 unspecified atom stereocenters. The Morgan fingerprint density at radius 3 is 3.20 bits per heavy atom. The zero-order valence-corrected chi connectivity index (χ0v) is 8.04. The van der Waals surface area contributed by atoms with E-state index in [4.69, 9.17) is 9.84 Å². The van der Waals surface area contributed by atoms with Gasteiger partial charge in [-0.15, -0.1) is 0 Å².